The number of ketones is 1. The molecule has 20 heavy (non-hydrogen) atoms. The number of hydrogen-bond donors (Lipinski definition) is 1. The maximum absolute atomic E-state index is 11.6. The number of carbonyl (C=O) groups excluding carboxylic acids is 1. The van der Waals surface area contributed by atoms with Crippen LogP contribution in [-0.2, 0) is 13.7 Å². The van der Waals surface area contributed by atoms with Gasteiger partial charge in [-0.15, -0.1) is 0 Å². The van der Waals surface area contributed by atoms with Crippen molar-refractivity contribution in [2.24, 2.45) is 7.05 Å². The minimum atomic E-state index is -0.0763. The highest BCUT2D eigenvalue weighted by molar-refractivity contribution is 9.10. The number of carbonyl (C=O) groups is 1. The van der Waals surface area contributed by atoms with Gasteiger partial charge in [-0.1, -0.05) is 0 Å². The summed E-state index contributed by atoms with van der Waals surface area (Å²) in [5, 5.41) is 4.30. The van der Waals surface area contributed by atoms with Crippen LogP contribution in [0.15, 0.2) is 22.7 Å². The summed E-state index contributed by atoms with van der Waals surface area (Å²) >= 11 is 3.48. The second kappa shape index (κ2) is 5.66. The number of anilines is 1. The van der Waals surface area contributed by atoms with E-state index in [1.54, 1.807) is 22.9 Å². The molecule has 0 fully saturated rings. The summed E-state index contributed by atoms with van der Waals surface area (Å²) in [7, 11) is 1.85. The highest BCUT2D eigenvalue weighted by atomic mass is 79.9. The van der Waals surface area contributed by atoms with Gasteiger partial charge in [0.25, 0.3) is 0 Å². The number of nitrogens with two attached hydrogens (primary N) is 1. The molecule has 0 atom stereocenters. The van der Waals surface area contributed by atoms with Crippen LogP contribution in [0.5, 0.6) is 5.75 Å². The lowest BCUT2D eigenvalue weighted by Crippen LogP contribution is -2.06. The zero-order chi connectivity index (χ0) is 14.9. The van der Waals surface area contributed by atoms with E-state index in [0.29, 0.717) is 23.6 Å². The van der Waals surface area contributed by atoms with E-state index in [4.69, 9.17) is 10.5 Å². The topological polar surface area (TPSA) is 70.1 Å². The molecule has 1 aromatic carbocycles. The third kappa shape index (κ3) is 2.85. The van der Waals surface area contributed by atoms with Crippen LogP contribution >= 0.6 is 15.9 Å². The zero-order valence-electron chi connectivity index (χ0n) is 11.6. The SMILES string of the molecule is CC(=O)c1cc(N)ccc1OCc1c(Br)c(C)nn1C. The Labute approximate surface area is 125 Å². The first-order chi connectivity index (χ1) is 9.40. The standard InChI is InChI=1S/C14H16BrN3O2/c1-8-14(15)12(18(3)17-8)7-20-13-5-4-10(16)6-11(13)9(2)19/h4-6H,7,16H2,1-3H3. The number of aryl methyl sites for hydroxylation is 2. The summed E-state index contributed by atoms with van der Waals surface area (Å²) in [5.74, 6) is 0.449. The van der Waals surface area contributed by atoms with Gasteiger partial charge in [0.2, 0.25) is 0 Å². The van der Waals surface area contributed by atoms with Crippen molar-refractivity contribution >= 4 is 27.4 Å². The number of halogens is 1. The van der Waals surface area contributed by atoms with E-state index in [1.807, 2.05) is 14.0 Å². The summed E-state index contributed by atoms with van der Waals surface area (Å²) in [6.07, 6.45) is 0. The molecule has 2 N–H and O–H groups in total. The van der Waals surface area contributed by atoms with E-state index in [2.05, 4.69) is 21.0 Å². The summed E-state index contributed by atoms with van der Waals surface area (Å²) in [6, 6.07) is 5.05. The molecule has 0 saturated carbocycles. The van der Waals surface area contributed by atoms with Crippen molar-refractivity contribution in [1.82, 2.24) is 9.78 Å². The van der Waals surface area contributed by atoms with Crippen LogP contribution in [0.25, 0.3) is 0 Å². The average molecular weight is 338 g/mol. The van der Waals surface area contributed by atoms with Gasteiger partial charge in [0.15, 0.2) is 5.78 Å². The van der Waals surface area contributed by atoms with E-state index in [1.165, 1.54) is 6.92 Å². The normalized spacial score (nSPS) is 10.6. The molecule has 1 aromatic heterocycles. The van der Waals surface area contributed by atoms with Crippen LogP contribution in [0.2, 0.25) is 0 Å². The van der Waals surface area contributed by atoms with Crippen molar-refractivity contribution in [1.29, 1.82) is 0 Å². The molecule has 0 aliphatic heterocycles. The molecule has 6 heteroatoms. The Kier molecular flexibility index (Phi) is 4.13. The molecule has 0 radical (unpaired) electrons. The van der Waals surface area contributed by atoms with Gasteiger partial charge in [-0.05, 0) is 48.0 Å². The van der Waals surface area contributed by atoms with Gasteiger partial charge in [0, 0.05) is 12.7 Å². The fraction of sp³-hybridized carbons (Fsp3) is 0.286. The molecule has 0 amide bonds. The van der Waals surface area contributed by atoms with Gasteiger partial charge in [-0.25, -0.2) is 0 Å². The highest BCUT2D eigenvalue weighted by Gasteiger charge is 2.14. The molecule has 106 valence electrons. The third-order valence-corrected chi connectivity index (χ3v) is 4.04. The Morgan fingerprint density at radius 1 is 1.50 bits per heavy atom. The minimum absolute atomic E-state index is 0.0763. The van der Waals surface area contributed by atoms with Crippen LogP contribution in [0, 0.1) is 6.92 Å². The fourth-order valence-electron chi connectivity index (χ4n) is 1.93. The Morgan fingerprint density at radius 2 is 2.20 bits per heavy atom. The van der Waals surface area contributed by atoms with Crippen LogP contribution < -0.4 is 10.5 Å². The monoisotopic (exact) mass is 337 g/mol. The fourth-order valence-corrected chi connectivity index (χ4v) is 2.38. The second-order valence-corrected chi connectivity index (χ2v) is 5.36. The van der Waals surface area contributed by atoms with Gasteiger partial charge >= 0.3 is 0 Å². The van der Waals surface area contributed by atoms with Gasteiger partial charge in [0.05, 0.1) is 21.4 Å². The third-order valence-electron chi connectivity index (χ3n) is 3.01. The predicted molar refractivity (Wildman–Crippen MR) is 80.8 cm³/mol. The molecule has 0 saturated heterocycles. The molecule has 1 heterocycles. The number of nitrogen functional groups attached to an aromatic ring is 1. The van der Waals surface area contributed by atoms with Crippen molar-refractivity contribution in [2.45, 2.75) is 20.5 Å². The minimum Gasteiger partial charge on any atom is -0.487 e. The second-order valence-electron chi connectivity index (χ2n) is 4.57. The van der Waals surface area contributed by atoms with Gasteiger partial charge in [-0.3, -0.25) is 9.48 Å². The van der Waals surface area contributed by atoms with Crippen molar-refractivity contribution in [2.75, 3.05) is 5.73 Å². The molecule has 0 aliphatic carbocycles. The van der Waals surface area contributed by atoms with Crippen molar-refractivity contribution < 1.29 is 9.53 Å². The number of ether oxygens (including phenoxy) is 1. The van der Waals surface area contributed by atoms with E-state index >= 15 is 0 Å². The first-order valence-electron chi connectivity index (χ1n) is 6.11. The number of Topliss-reactive ketones (excluding diaryl/α,β-unsaturated/α-hetero) is 1. The highest BCUT2D eigenvalue weighted by Crippen LogP contribution is 2.25. The summed E-state index contributed by atoms with van der Waals surface area (Å²) < 4.78 is 8.42. The van der Waals surface area contributed by atoms with E-state index in [-0.39, 0.29) is 5.78 Å². The van der Waals surface area contributed by atoms with Gasteiger partial charge < -0.3 is 10.5 Å². The molecule has 5 nitrogen and oxygen atoms in total. The lowest BCUT2D eigenvalue weighted by atomic mass is 10.1. The molecule has 0 unspecified atom stereocenters. The average Bonchev–Trinajstić information content (AvgIpc) is 2.62. The quantitative estimate of drug-likeness (QED) is 0.687. The Hall–Kier alpha value is -1.82. The van der Waals surface area contributed by atoms with Gasteiger partial charge in [0.1, 0.15) is 12.4 Å². The summed E-state index contributed by atoms with van der Waals surface area (Å²) in [6.45, 7) is 3.73. The summed E-state index contributed by atoms with van der Waals surface area (Å²) in [5.41, 5.74) is 8.53. The zero-order valence-corrected chi connectivity index (χ0v) is 13.2. The van der Waals surface area contributed by atoms with Crippen LogP contribution in [0.4, 0.5) is 5.69 Å². The summed E-state index contributed by atoms with van der Waals surface area (Å²) in [4.78, 5) is 11.6. The largest absolute Gasteiger partial charge is 0.487 e. The molecular formula is C14H16BrN3O2. The Morgan fingerprint density at radius 3 is 2.75 bits per heavy atom. The number of nitrogens with zero attached hydrogens (tertiary/aromatic N) is 2. The van der Waals surface area contributed by atoms with Gasteiger partial charge in [-0.2, -0.15) is 5.10 Å². The molecule has 0 aliphatic rings. The molecular weight excluding hydrogens is 322 g/mol. The van der Waals surface area contributed by atoms with Crippen LogP contribution in [0.3, 0.4) is 0 Å². The molecule has 0 bridgehead atoms. The maximum atomic E-state index is 11.6. The van der Waals surface area contributed by atoms with E-state index in [9.17, 15) is 4.79 Å². The first kappa shape index (κ1) is 14.6. The van der Waals surface area contributed by atoms with Crippen molar-refractivity contribution in [3.63, 3.8) is 0 Å². The van der Waals surface area contributed by atoms with E-state index < -0.39 is 0 Å². The lowest BCUT2D eigenvalue weighted by Gasteiger charge is -2.11. The smallest absolute Gasteiger partial charge is 0.163 e. The molecule has 2 rings (SSSR count). The lowest BCUT2D eigenvalue weighted by molar-refractivity contribution is 0.101. The van der Waals surface area contributed by atoms with Crippen molar-refractivity contribution in [3.05, 3.63) is 39.6 Å². The predicted octanol–water partition coefficient (Wildman–Crippen LogP) is 2.85. The number of rotatable bonds is 4. The first-order valence-corrected chi connectivity index (χ1v) is 6.90. The maximum Gasteiger partial charge on any atom is 0.163 e. The van der Waals surface area contributed by atoms with Crippen LogP contribution in [-0.4, -0.2) is 15.6 Å². The van der Waals surface area contributed by atoms with E-state index in [0.717, 1.165) is 15.9 Å². The van der Waals surface area contributed by atoms with Crippen LogP contribution in [0.1, 0.15) is 28.7 Å². The molecule has 0 spiro atoms. The number of hydrogen-bond acceptors (Lipinski definition) is 4. The Balaban J connectivity index is 2.25. The molecule has 2 aromatic rings. The Bertz CT molecular complexity index is 665. The number of aromatic nitrogens is 2. The van der Waals surface area contributed by atoms with Crippen molar-refractivity contribution in [3.8, 4) is 5.75 Å². The number of benzene rings is 1.